The minimum atomic E-state index is -2.06. The number of aliphatic hydroxyl groups excluding tert-OH is 16. The van der Waals surface area contributed by atoms with Crippen molar-refractivity contribution in [2.24, 2.45) is 50.2 Å². The number of aliphatic hydroxyl groups is 16. The van der Waals surface area contributed by atoms with Gasteiger partial charge < -0.3 is 148 Å². The van der Waals surface area contributed by atoms with E-state index in [-0.39, 0.29) is 43.0 Å². The topological polar surface area (TPSA) is 532 Å². The third kappa shape index (κ3) is 17.8. The molecule has 0 radical (unpaired) electrons. The summed E-state index contributed by atoms with van der Waals surface area (Å²) >= 11 is 0. The summed E-state index contributed by atoms with van der Waals surface area (Å²) in [6, 6.07) is 0. The summed E-state index contributed by atoms with van der Waals surface area (Å²) in [5.41, 5.74) is -4.52. The zero-order valence-electron chi connectivity index (χ0n) is 65.3. The van der Waals surface area contributed by atoms with Crippen molar-refractivity contribution >= 4 is 23.7 Å². The van der Waals surface area contributed by atoms with E-state index in [1.165, 1.54) is 13.8 Å². The van der Waals surface area contributed by atoms with Crippen molar-refractivity contribution in [3.05, 3.63) is 11.6 Å². The number of Topliss-reactive ketones (excluding diaryl/α,β-unsaturated/α-hetero) is 1. The molecule has 0 aromatic rings. The first-order chi connectivity index (χ1) is 52.9. The normalized spacial score (nSPS) is 47.4. The highest BCUT2D eigenvalue weighted by molar-refractivity contribution is 5.79. The standard InChI is InChI=1S/C78H126O34/c1-37-61(108-66-57(93)51(87)43(84)35-102-66)55(91)60(96)67(104-37)110-63-62(109-68-58(94)53(89)45(33-80)106-68)46(105-49(85)20-16-12-11-15-19-38(81)18-14-10-8-9-13-17-29-100-65-56(92)50(86)42(83)34-101-65)36-103-70(63)112-72(99)78-27-25-73(2,3)30-40(78)39-21-22-47-74(4)31-41(82)64(111-69-59(95)54(90)52(88)44(32-79)107-69)77(7,71(97)98)48(74)23-24-76(47,6)75(39,5)26-28-78/h21,37,40-48,50-70,79-80,82-84,86-96H,8-20,22-36H2,1-7H3,(H,97,98)/t37-,40-,41-,42+,43+,44+,45-,46-,47+,48+,50-,51-,52+,53-,54-,55-,56+,57+,58+,59+,60+,61-,62-,63+,64-,65+,66-,67-,68-,69-,70-,74+,75+,76+,77-,78-/m0/s1. The molecule has 0 spiro atoms. The van der Waals surface area contributed by atoms with Crippen molar-refractivity contribution in [2.45, 2.75) is 362 Å². The Labute approximate surface area is 652 Å². The summed E-state index contributed by atoms with van der Waals surface area (Å²) < 4.78 is 78.8. The van der Waals surface area contributed by atoms with E-state index in [2.05, 4.69) is 33.8 Å². The summed E-state index contributed by atoms with van der Waals surface area (Å²) in [7, 11) is 0. The summed E-state index contributed by atoms with van der Waals surface area (Å²) in [5.74, 6) is -3.99. The van der Waals surface area contributed by atoms with Crippen LogP contribution in [-0.4, -0.2) is 322 Å². The van der Waals surface area contributed by atoms with Gasteiger partial charge in [0.2, 0.25) is 6.29 Å². The number of carboxylic acids is 1. The Balaban J connectivity index is 0.799. The smallest absolute Gasteiger partial charge is 0.315 e. The van der Waals surface area contributed by atoms with Gasteiger partial charge in [-0.3, -0.25) is 19.2 Å². The van der Waals surface area contributed by atoms with Crippen LogP contribution in [0.15, 0.2) is 11.6 Å². The third-order valence-electron chi connectivity index (χ3n) is 27.9. The molecule has 0 aromatic carbocycles. The van der Waals surface area contributed by atoms with Crippen molar-refractivity contribution in [1.29, 1.82) is 0 Å². The van der Waals surface area contributed by atoms with Gasteiger partial charge in [-0.05, 0) is 137 Å². The molecule has 10 fully saturated rings. The second-order valence-corrected chi connectivity index (χ2v) is 35.5. The molecule has 6 heterocycles. The van der Waals surface area contributed by atoms with E-state index in [0.717, 1.165) is 37.7 Å². The fourth-order valence-corrected chi connectivity index (χ4v) is 20.9. The minimum Gasteiger partial charge on any atom is -0.481 e. The molecular formula is C78H126O34. The molecule has 0 unspecified atom stereocenters. The number of carbonyl (C=O) groups is 4. The first-order valence-electron chi connectivity index (χ1n) is 40.6. The highest BCUT2D eigenvalue weighted by atomic mass is 16.8. The Hall–Kier alpha value is -3.26. The van der Waals surface area contributed by atoms with Crippen molar-refractivity contribution in [2.75, 3.05) is 39.6 Å². The van der Waals surface area contributed by atoms with Crippen LogP contribution in [0.25, 0.3) is 0 Å². The van der Waals surface area contributed by atoms with Crippen LogP contribution >= 0.6 is 0 Å². The van der Waals surface area contributed by atoms with Gasteiger partial charge in [0.1, 0.15) is 116 Å². The van der Waals surface area contributed by atoms with Gasteiger partial charge >= 0.3 is 17.9 Å². The number of rotatable bonds is 31. The minimum absolute atomic E-state index is 0.0641. The summed E-state index contributed by atoms with van der Waals surface area (Å²) in [4.78, 5) is 57.2. The Bertz CT molecular complexity index is 3170. The molecule has 6 saturated heterocycles. The van der Waals surface area contributed by atoms with Gasteiger partial charge in [0.15, 0.2) is 43.7 Å². The van der Waals surface area contributed by atoms with Gasteiger partial charge in [0.05, 0.1) is 56.1 Å². The van der Waals surface area contributed by atoms with Gasteiger partial charge in [-0.2, -0.15) is 0 Å². The molecule has 0 aromatic heterocycles. The molecule has 112 heavy (non-hydrogen) atoms. The number of fused-ring (bicyclic) bond motifs is 7. The molecule has 36 atom stereocenters. The van der Waals surface area contributed by atoms with Crippen LogP contribution in [-0.2, 0) is 80.8 Å². The highest BCUT2D eigenvalue weighted by Crippen LogP contribution is 2.76. The average Bonchev–Trinajstić information content (AvgIpc) is 0.718. The van der Waals surface area contributed by atoms with Gasteiger partial charge in [0.25, 0.3) is 0 Å². The lowest BCUT2D eigenvalue weighted by atomic mass is 9.33. The van der Waals surface area contributed by atoms with Crippen molar-refractivity contribution in [3.8, 4) is 0 Å². The number of esters is 2. The molecule has 0 amide bonds. The molecular weight excluding hydrogens is 1480 g/mol. The fourth-order valence-electron chi connectivity index (χ4n) is 20.9. The number of carboxylic acid groups (broad SMARTS) is 1. The second kappa shape index (κ2) is 36.8. The summed E-state index contributed by atoms with van der Waals surface area (Å²) in [6.07, 6.45) is -31.9. The molecule has 34 heteroatoms. The first kappa shape index (κ1) is 89.5. The van der Waals surface area contributed by atoms with Crippen LogP contribution < -0.4 is 0 Å². The Morgan fingerprint density at radius 1 is 0.482 bits per heavy atom. The monoisotopic (exact) mass is 1610 g/mol. The molecule has 11 aliphatic rings. The van der Waals surface area contributed by atoms with Crippen LogP contribution in [0.5, 0.6) is 0 Å². The number of unbranched alkanes of at least 4 members (excludes halogenated alkanes) is 8. The Morgan fingerprint density at radius 2 is 1.00 bits per heavy atom. The molecule has 0 bridgehead atoms. The number of allylic oxidation sites excluding steroid dienone is 2. The maximum Gasteiger partial charge on any atom is 0.315 e. The molecule has 17 N–H and O–H groups in total. The number of aliphatic carboxylic acids is 1. The molecule has 4 saturated carbocycles. The predicted octanol–water partition coefficient (Wildman–Crippen LogP) is -0.584. The van der Waals surface area contributed by atoms with Crippen LogP contribution in [0.3, 0.4) is 0 Å². The quantitative estimate of drug-likeness (QED) is 0.0179. The Kier molecular flexibility index (Phi) is 29.4. The first-order valence-corrected chi connectivity index (χ1v) is 40.6. The third-order valence-corrected chi connectivity index (χ3v) is 27.9. The number of ketones is 1. The average molecular weight is 1610 g/mol. The largest absolute Gasteiger partial charge is 0.481 e. The maximum atomic E-state index is 16.2. The van der Waals surface area contributed by atoms with E-state index in [1.54, 1.807) is 0 Å². The summed E-state index contributed by atoms with van der Waals surface area (Å²) in [5, 5.41) is 184. The highest BCUT2D eigenvalue weighted by Gasteiger charge is 2.73. The van der Waals surface area contributed by atoms with E-state index in [4.69, 9.17) is 61.6 Å². The predicted molar refractivity (Wildman–Crippen MR) is 382 cm³/mol. The zero-order valence-corrected chi connectivity index (χ0v) is 65.3. The molecule has 34 nitrogen and oxygen atoms in total. The van der Waals surface area contributed by atoms with Gasteiger partial charge in [0, 0.05) is 25.9 Å². The lowest BCUT2D eigenvalue weighted by Crippen LogP contribution is -2.70. The molecule has 642 valence electrons. The van der Waals surface area contributed by atoms with Gasteiger partial charge in [-0.25, -0.2) is 0 Å². The van der Waals surface area contributed by atoms with Crippen LogP contribution in [0, 0.1) is 50.2 Å². The van der Waals surface area contributed by atoms with Gasteiger partial charge in [-0.15, -0.1) is 0 Å². The van der Waals surface area contributed by atoms with Crippen LogP contribution in [0.2, 0.25) is 0 Å². The number of hydrogen-bond donors (Lipinski definition) is 17. The lowest BCUT2D eigenvalue weighted by Gasteiger charge is -2.71. The van der Waals surface area contributed by atoms with E-state index in [0.29, 0.717) is 96.5 Å². The number of ether oxygens (including phenoxy) is 13. The molecule has 6 aliphatic heterocycles. The van der Waals surface area contributed by atoms with E-state index < -0.39 is 255 Å². The number of hydrogen-bond acceptors (Lipinski definition) is 33. The van der Waals surface area contributed by atoms with E-state index >= 15 is 4.79 Å². The Morgan fingerprint density at radius 3 is 1.63 bits per heavy atom. The van der Waals surface area contributed by atoms with Crippen molar-refractivity contribution in [3.63, 3.8) is 0 Å². The van der Waals surface area contributed by atoms with E-state index in [1.807, 2.05) is 6.92 Å². The van der Waals surface area contributed by atoms with Crippen molar-refractivity contribution < 1.29 is 168 Å². The number of carbonyl (C=O) groups excluding carboxylic acids is 3. The van der Waals surface area contributed by atoms with Crippen molar-refractivity contribution in [1.82, 2.24) is 0 Å². The lowest BCUT2D eigenvalue weighted by molar-refractivity contribution is -0.377. The fraction of sp³-hybridized carbons (Fsp3) is 0.923. The van der Waals surface area contributed by atoms with Crippen LogP contribution in [0.1, 0.15) is 190 Å². The SMILES string of the molecule is C[C@@H]1O[C@@H](O[C@H]2[C@H](OC(=O)[C@]34CCC(C)(C)C[C@H]3C3=CC[C@@H]5[C@@]6(C)C[C@H](O)[C@H](O[C@@H]7O[C@H](CO)[C@@H](O)[C@H](O)[C@H]7O)[C@@](C)(C(=O)O)[C@@H]6CC[C@@]5(C)[C@]3(C)CC4)OC[C@H](OC(=O)CCCCCCC(=O)CCCCCCCCO[C@@H]3OC[C@@H](O)[C@H](O)[C@H]3O)[C@@H]2O[C@@H]2O[C@@H](CO)[C@H](O)[C@H]2O)[C@H](O)[C@H](O)[C@H]1O[C@@H]1OC[C@@H](O)[C@H](O)[C@H]1O. The van der Waals surface area contributed by atoms with E-state index in [9.17, 15) is 101 Å². The molecule has 5 aliphatic carbocycles. The maximum absolute atomic E-state index is 16.2. The second-order valence-electron chi connectivity index (χ2n) is 35.5. The molecule has 11 rings (SSSR count). The summed E-state index contributed by atoms with van der Waals surface area (Å²) in [6.45, 7) is 11.3. The van der Waals surface area contributed by atoms with Gasteiger partial charge in [-0.1, -0.05) is 84.8 Å². The zero-order chi connectivity index (χ0) is 81.5. The van der Waals surface area contributed by atoms with Crippen LogP contribution in [0.4, 0.5) is 0 Å².